The zero-order valence-electron chi connectivity index (χ0n) is 13.8. The molecule has 6 nitrogen and oxygen atoms in total. The lowest BCUT2D eigenvalue weighted by Gasteiger charge is -2.15. The van der Waals surface area contributed by atoms with Crippen LogP contribution in [0.25, 0.3) is 22.8 Å². The minimum Gasteiger partial charge on any atom is -0.357 e. The first-order valence-corrected chi connectivity index (χ1v) is 8.18. The maximum Gasteiger partial charge on any atom is 0.259 e. The molecule has 0 spiro atoms. The fourth-order valence-corrected chi connectivity index (χ4v) is 2.89. The predicted molar refractivity (Wildman–Crippen MR) is 99.6 cm³/mol. The number of aromatic nitrogens is 3. The lowest BCUT2D eigenvalue weighted by Crippen LogP contribution is -2.18. The van der Waals surface area contributed by atoms with Crippen molar-refractivity contribution in [2.45, 2.75) is 19.4 Å². The molecule has 1 aromatic carbocycles. The van der Waals surface area contributed by atoms with E-state index in [0.717, 1.165) is 35.6 Å². The Labute approximate surface area is 152 Å². The van der Waals surface area contributed by atoms with Gasteiger partial charge in [-0.15, -0.1) is 12.4 Å². The van der Waals surface area contributed by atoms with Gasteiger partial charge < -0.3 is 15.2 Å². The smallest absolute Gasteiger partial charge is 0.259 e. The van der Waals surface area contributed by atoms with E-state index in [1.165, 1.54) is 12.8 Å². The number of hydrogen-bond donors (Lipinski definition) is 1. The van der Waals surface area contributed by atoms with Gasteiger partial charge in [-0.25, -0.2) is 4.98 Å². The summed E-state index contributed by atoms with van der Waals surface area (Å²) in [6.07, 6.45) is 4.27. The van der Waals surface area contributed by atoms with Crippen LogP contribution >= 0.6 is 12.4 Å². The molecule has 0 aliphatic carbocycles. The monoisotopic (exact) mass is 357 g/mol. The fourth-order valence-electron chi connectivity index (χ4n) is 2.89. The van der Waals surface area contributed by atoms with Crippen LogP contribution in [0.1, 0.15) is 18.4 Å². The van der Waals surface area contributed by atoms with Crippen molar-refractivity contribution in [2.24, 2.45) is 5.73 Å². The third-order valence-electron chi connectivity index (χ3n) is 4.30. The summed E-state index contributed by atoms with van der Waals surface area (Å²) in [5.41, 5.74) is 8.42. The van der Waals surface area contributed by atoms with Gasteiger partial charge in [0.1, 0.15) is 5.82 Å². The molecular weight excluding hydrogens is 338 g/mol. The molecule has 0 saturated carbocycles. The van der Waals surface area contributed by atoms with Gasteiger partial charge in [0.15, 0.2) is 0 Å². The summed E-state index contributed by atoms with van der Waals surface area (Å²) in [7, 11) is 0. The van der Waals surface area contributed by atoms with Gasteiger partial charge in [-0.1, -0.05) is 29.4 Å². The molecule has 1 saturated heterocycles. The normalized spacial score (nSPS) is 13.7. The molecule has 25 heavy (non-hydrogen) atoms. The molecule has 0 atom stereocenters. The minimum atomic E-state index is 0. The molecule has 4 rings (SSSR count). The molecule has 2 N–H and O–H groups in total. The van der Waals surface area contributed by atoms with Crippen LogP contribution in [-0.2, 0) is 6.54 Å². The van der Waals surface area contributed by atoms with Crippen molar-refractivity contribution >= 4 is 18.2 Å². The Hall–Kier alpha value is -2.44. The van der Waals surface area contributed by atoms with Gasteiger partial charge in [-0.3, -0.25) is 0 Å². The van der Waals surface area contributed by atoms with Crippen molar-refractivity contribution in [1.82, 2.24) is 15.1 Å². The number of nitrogens with zero attached hydrogens (tertiary/aromatic N) is 4. The van der Waals surface area contributed by atoms with Gasteiger partial charge in [0.05, 0.1) is 5.56 Å². The highest BCUT2D eigenvalue weighted by atomic mass is 35.5. The van der Waals surface area contributed by atoms with E-state index in [0.29, 0.717) is 18.3 Å². The topological polar surface area (TPSA) is 81.1 Å². The molecular formula is C18H20ClN5O. The van der Waals surface area contributed by atoms with E-state index < -0.39 is 0 Å². The maximum absolute atomic E-state index is 5.62. The first-order chi connectivity index (χ1) is 11.8. The summed E-state index contributed by atoms with van der Waals surface area (Å²) in [5, 5.41) is 4.06. The highest BCUT2D eigenvalue weighted by molar-refractivity contribution is 5.85. The SMILES string of the molecule is Cl.NCc1ccc(-c2noc(-c3ccc(N4CCCC4)nc3)n2)cc1. The molecule has 130 valence electrons. The second kappa shape index (κ2) is 7.63. The third kappa shape index (κ3) is 3.65. The number of benzene rings is 1. The number of halogens is 1. The molecule has 2 aromatic heterocycles. The zero-order valence-corrected chi connectivity index (χ0v) is 14.6. The predicted octanol–water partition coefficient (Wildman–Crippen LogP) is 3.28. The van der Waals surface area contributed by atoms with E-state index in [-0.39, 0.29) is 12.4 Å². The quantitative estimate of drug-likeness (QED) is 0.771. The summed E-state index contributed by atoms with van der Waals surface area (Å²) in [6, 6.07) is 11.8. The van der Waals surface area contributed by atoms with Crippen LogP contribution < -0.4 is 10.6 Å². The molecule has 1 fully saturated rings. The number of nitrogens with two attached hydrogens (primary N) is 1. The van der Waals surface area contributed by atoms with E-state index in [2.05, 4.69) is 20.0 Å². The Morgan fingerprint density at radius 2 is 1.72 bits per heavy atom. The lowest BCUT2D eigenvalue weighted by atomic mass is 10.1. The lowest BCUT2D eigenvalue weighted by molar-refractivity contribution is 0.432. The number of rotatable bonds is 4. The third-order valence-corrected chi connectivity index (χ3v) is 4.30. The Bertz CT molecular complexity index is 810. The van der Waals surface area contributed by atoms with Gasteiger partial charge in [0.2, 0.25) is 5.82 Å². The first-order valence-electron chi connectivity index (χ1n) is 8.18. The van der Waals surface area contributed by atoms with Gasteiger partial charge in [0.25, 0.3) is 5.89 Å². The van der Waals surface area contributed by atoms with Crippen molar-refractivity contribution in [1.29, 1.82) is 0 Å². The van der Waals surface area contributed by atoms with E-state index in [9.17, 15) is 0 Å². The molecule has 3 heterocycles. The van der Waals surface area contributed by atoms with Crippen LogP contribution in [0.2, 0.25) is 0 Å². The molecule has 1 aliphatic rings. The van der Waals surface area contributed by atoms with Crippen LogP contribution in [0, 0.1) is 0 Å². The Kier molecular flexibility index (Phi) is 5.31. The standard InChI is InChI=1S/C18H19N5O.ClH/c19-11-13-3-5-14(6-4-13)17-21-18(24-22-17)15-7-8-16(20-12-15)23-9-1-2-10-23;/h3-8,12H,1-2,9-11,19H2;1H. The van der Waals surface area contributed by atoms with Crippen molar-refractivity contribution in [3.63, 3.8) is 0 Å². The summed E-state index contributed by atoms with van der Waals surface area (Å²) in [4.78, 5) is 11.3. The van der Waals surface area contributed by atoms with Crippen LogP contribution in [-0.4, -0.2) is 28.2 Å². The van der Waals surface area contributed by atoms with Crippen LogP contribution in [0.5, 0.6) is 0 Å². The molecule has 0 amide bonds. The summed E-state index contributed by atoms with van der Waals surface area (Å²) >= 11 is 0. The highest BCUT2D eigenvalue weighted by Crippen LogP contribution is 2.24. The summed E-state index contributed by atoms with van der Waals surface area (Å²) < 4.78 is 5.39. The average molecular weight is 358 g/mol. The Morgan fingerprint density at radius 1 is 1.00 bits per heavy atom. The van der Waals surface area contributed by atoms with Crippen LogP contribution in [0.3, 0.4) is 0 Å². The van der Waals surface area contributed by atoms with E-state index >= 15 is 0 Å². The van der Waals surface area contributed by atoms with Gasteiger partial charge >= 0.3 is 0 Å². The summed E-state index contributed by atoms with van der Waals surface area (Å²) in [6.45, 7) is 2.68. The van der Waals surface area contributed by atoms with Crippen LogP contribution in [0.15, 0.2) is 47.1 Å². The highest BCUT2D eigenvalue weighted by Gasteiger charge is 2.15. The van der Waals surface area contributed by atoms with E-state index in [4.69, 9.17) is 10.3 Å². The van der Waals surface area contributed by atoms with Gasteiger partial charge in [-0.05, 0) is 30.5 Å². The molecule has 7 heteroatoms. The second-order valence-corrected chi connectivity index (χ2v) is 5.92. The second-order valence-electron chi connectivity index (χ2n) is 5.92. The van der Waals surface area contributed by atoms with Crippen molar-refractivity contribution in [3.05, 3.63) is 48.2 Å². The molecule has 3 aromatic rings. The molecule has 0 radical (unpaired) electrons. The summed E-state index contributed by atoms with van der Waals surface area (Å²) in [5.74, 6) is 2.05. The van der Waals surface area contributed by atoms with Gasteiger partial charge in [0, 0.05) is 31.4 Å². The zero-order chi connectivity index (χ0) is 16.4. The number of anilines is 1. The fraction of sp³-hybridized carbons (Fsp3) is 0.278. The molecule has 0 bridgehead atoms. The Balaban J connectivity index is 0.00000182. The van der Waals surface area contributed by atoms with Crippen molar-refractivity contribution in [3.8, 4) is 22.8 Å². The largest absolute Gasteiger partial charge is 0.357 e. The molecule has 0 unspecified atom stereocenters. The minimum absolute atomic E-state index is 0. The van der Waals surface area contributed by atoms with Crippen molar-refractivity contribution < 1.29 is 4.52 Å². The van der Waals surface area contributed by atoms with Crippen LogP contribution in [0.4, 0.5) is 5.82 Å². The van der Waals surface area contributed by atoms with Gasteiger partial charge in [-0.2, -0.15) is 4.98 Å². The Morgan fingerprint density at radius 3 is 2.36 bits per heavy atom. The maximum atomic E-state index is 5.62. The number of pyridine rings is 1. The molecule has 1 aliphatic heterocycles. The van der Waals surface area contributed by atoms with Crippen molar-refractivity contribution in [2.75, 3.05) is 18.0 Å². The number of hydrogen-bond acceptors (Lipinski definition) is 6. The first kappa shape index (κ1) is 17.4. The average Bonchev–Trinajstić information content (AvgIpc) is 3.34. The van der Waals surface area contributed by atoms with E-state index in [1.54, 1.807) is 6.20 Å². The van der Waals surface area contributed by atoms with E-state index in [1.807, 2.05) is 36.4 Å².